The zero-order valence-corrected chi connectivity index (χ0v) is 14.1. The van der Waals surface area contributed by atoms with Gasteiger partial charge in [-0.3, -0.25) is 9.88 Å². The van der Waals surface area contributed by atoms with Gasteiger partial charge in [-0.05, 0) is 48.9 Å². The van der Waals surface area contributed by atoms with Gasteiger partial charge in [-0.1, -0.05) is 24.3 Å². The van der Waals surface area contributed by atoms with Crippen LogP contribution >= 0.6 is 12.4 Å². The van der Waals surface area contributed by atoms with E-state index in [4.69, 9.17) is 5.73 Å². The number of halogens is 1. The molecule has 3 fully saturated rings. The van der Waals surface area contributed by atoms with Gasteiger partial charge in [-0.25, -0.2) is 0 Å². The molecule has 3 aliphatic heterocycles. The van der Waals surface area contributed by atoms with Crippen LogP contribution in [-0.2, 0) is 0 Å². The first-order chi connectivity index (χ1) is 10.8. The molecule has 1 aromatic heterocycles. The lowest BCUT2D eigenvalue weighted by molar-refractivity contribution is 0.00749. The van der Waals surface area contributed by atoms with Gasteiger partial charge in [0.15, 0.2) is 0 Å². The fourth-order valence-corrected chi connectivity index (χ4v) is 4.37. The molecule has 0 saturated carbocycles. The molecule has 5 rings (SSSR count). The van der Waals surface area contributed by atoms with Crippen molar-refractivity contribution in [2.45, 2.75) is 24.9 Å². The minimum atomic E-state index is 0. The van der Waals surface area contributed by atoms with Crippen molar-refractivity contribution in [1.29, 1.82) is 0 Å². The second kappa shape index (κ2) is 6.60. The van der Waals surface area contributed by atoms with E-state index in [1.54, 1.807) is 0 Å². The Hall–Kier alpha value is -1.42. The fraction of sp³-hybridized carbons (Fsp3) is 0.421. The van der Waals surface area contributed by atoms with Gasteiger partial charge in [0, 0.05) is 30.2 Å². The lowest BCUT2D eigenvalue weighted by atomic mass is 9.73. The first-order valence-electron chi connectivity index (χ1n) is 8.24. The Morgan fingerprint density at radius 2 is 2.13 bits per heavy atom. The average Bonchev–Trinajstić information content (AvgIpc) is 2.60. The third-order valence-electron chi connectivity index (χ3n) is 5.61. The zero-order chi connectivity index (χ0) is 15.1. The number of pyridine rings is 1. The molecule has 3 aliphatic rings. The van der Waals surface area contributed by atoms with Crippen LogP contribution in [0.4, 0.5) is 0 Å². The third-order valence-corrected chi connectivity index (χ3v) is 5.61. The van der Waals surface area contributed by atoms with E-state index in [9.17, 15) is 0 Å². The molecular formula is C19H24ClN3. The minimum absolute atomic E-state index is 0. The molecule has 0 amide bonds. The third kappa shape index (κ3) is 2.78. The normalized spacial score (nSPS) is 30.7. The van der Waals surface area contributed by atoms with Crippen molar-refractivity contribution in [1.82, 2.24) is 9.88 Å². The second-order valence-electron chi connectivity index (χ2n) is 6.69. The lowest BCUT2D eigenvalue weighted by Gasteiger charge is -2.51. The Bertz CT molecular complexity index is 697. The Morgan fingerprint density at radius 1 is 1.30 bits per heavy atom. The Balaban J connectivity index is 0.00000156. The number of piperidine rings is 3. The van der Waals surface area contributed by atoms with E-state index < -0.39 is 0 Å². The van der Waals surface area contributed by atoms with Gasteiger partial charge >= 0.3 is 0 Å². The van der Waals surface area contributed by atoms with Crippen molar-refractivity contribution >= 4 is 23.3 Å². The van der Waals surface area contributed by atoms with Gasteiger partial charge in [0.25, 0.3) is 0 Å². The largest absolute Gasteiger partial charge is 0.323 e. The summed E-state index contributed by atoms with van der Waals surface area (Å²) in [6, 6.07) is 10.9. The molecule has 5 atom stereocenters. The van der Waals surface area contributed by atoms with Crippen LogP contribution in [0.3, 0.4) is 0 Å². The van der Waals surface area contributed by atoms with Crippen LogP contribution in [0.25, 0.3) is 10.9 Å². The van der Waals surface area contributed by atoms with Crippen molar-refractivity contribution in [3.63, 3.8) is 0 Å². The molecule has 2 aromatic rings. The smallest absolute Gasteiger partial charge is 0.0705 e. The van der Waals surface area contributed by atoms with E-state index in [0.717, 1.165) is 18.0 Å². The number of hydrogen-bond acceptors (Lipinski definition) is 3. The highest BCUT2D eigenvalue weighted by molar-refractivity contribution is 5.85. The first kappa shape index (κ1) is 16.4. The molecule has 1 unspecified atom stereocenters. The predicted molar refractivity (Wildman–Crippen MR) is 97.7 cm³/mol. The molecule has 0 spiro atoms. The summed E-state index contributed by atoms with van der Waals surface area (Å²) in [7, 11) is 0. The average molecular weight is 330 g/mol. The summed E-state index contributed by atoms with van der Waals surface area (Å²) in [5, 5.41) is 1.19. The maximum absolute atomic E-state index is 6.71. The SMILES string of the molecule is C=C[C@H]1CN2CC[C@H]1C[C@H]2[C@@H](N)c1ccnc2ccccc12.Cl. The summed E-state index contributed by atoms with van der Waals surface area (Å²) in [5.74, 6) is 1.40. The van der Waals surface area contributed by atoms with Gasteiger partial charge in [0.1, 0.15) is 0 Å². The van der Waals surface area contributed by atoms with E-state index in [1.165, 1.54) is 30.3 Å². The highest BCUT2D eigenvalue weighted by Gasteiger charge is 2.41. The molecule has 3 nitrogen and oxygen atoms in total. The summed E-state index contributed by atoms with van der Waals surface area (Å²) in [6.07, 6.45) is 6.51. The van der Waals surface area contributed by atoms with Crippen LogP contribution < -0.4 is 5.73 Å². The molecule has 23 heavy (non-hydrogen) atoms. The molecular weight excluding hydrogens is 306 g/mol. The van der Waals surface area contributed by atoms with Gasteiger partial charge in [0.2, 0.25) is 0 Å². The molecule has 4 heterocycles. The quantitative estimate of drug-likeness (QED) is 0.876. The summed E-state index contributed by atoms with van der Waals surface area (Å²) in [4.78, 5) is 7.04. The molecule has 0 aliphatic carbocycles. The van der Waals surface area contributed by atoms with Crippen LogP contribution in [-0.4, -0.2) is 29.0 Å². The highest BCUT2D eigenvalue weighted by atomic mass is 35.5. The molecule has 122 valence electrons. The number of fused-ring (bicyclic) bond motifs is 4. The monoisotopic (exact) mass is 329 g/mol. The first-order valence-corrected chi connectivity index (χ1v) is 8.24. The van der Waals surface area contributed by atoms with E-state index in [2.05, 4.69) is 46.8 Å². The van der Waals surface area contributed by atoms with E-state index >= 15 is 0 Å². The van der Waals surface area contributed by atoms with Crippen molar-refractivity contribution in [2.24, 2.45) is 17.6 Å². The van der Waals surface area contributed by atoms with E-state index in [1.807, 2.05) is 12.3 Å². The standard InChI is InChI=1S/C19H23N3.ClH/c1-2-13-12-22-10-8-14(13)11-18(22)19(20)16-7-9-21-17-6-4-3-5-15(16)17;/h2-7,9,13-14,18-19H,1,8,10-12,20H2;1H/t13-,14-,18-,19-;/m0./s1. The molecule has 0 radical (unpaired) electrons. The molecule has 2 bridgehead atoms. The van der Waals surface area contributed by atoms with Crippen LogP contribution in [0.1, 0.15) is 24.4 Å². The van der Waals surface area contributed by atoms with E-state index in [0.29, 0.717) is 12.0 Å². The Kier molecular flexibility index (Phi) is 4.72. The maximum atomic E-state index is 6.71. The lowest BCUT2D eigenvalue weighted by Crippen LogP contribution is -2.56. The molecule has 3 saturated heterocycles. The Labute approximate surface area is 144 Å². The fourth-order valence-electron chi connectivity index (χ4n) is 4.37. The predicted octanol–water partition coefficient (Wildman–Crippen LogP) is 3.55. The van der Waals surface area contributed by atoms with Gasteiger partial charge in [-0.15, -0.1) is 19.0 Å². The Morgan fingerprint density at radius 3 is 2.87 bits per heavy atom. The number of aromatic nitrogens is 1. The number of para-hydroxylation sites is 1. The summed E-state index contributed by atoms with van der Waals surface area (Å²) >= 11 is 0. The molecule has 4 heteroatoms. The van der Waals surface area contributed by atoms with Crippen molar-refractivity contribution < 1.29 is 0 Å². The second-order valence-corrected chi connectivity index (χ2v) is 6.69. The van der Waals surface area contributed by atoms with Crippen molar-refractivity contribution in [3.8, 4) is 0 Å². The van der Waals surface area contributed by atoms with Crippen molar-refractivity contribution in [2.75, 3.05) is 13.1 Å². The number of nitrogens with zero attached hydrogens (tertiary/aromatic N) is 2. The summed E-state index contributed by atoms with van der Waals surface area (Å²) in [6.45, 7) is 6.30. The van der Waals surface area contributed by atoms with Crippen LogP contribution in [0.2, 0.25) is 0 Å². The summed E-state index contributed by atoms with van der Waals surface area (Å²) < 4.78 is 0. The molecule has 2 N–H and O–H groups in total. The van der Waals surface area contributed by atoms with Gasteiger partial charge in [0.05, 0.1) is 5.52 Å². The summed E-state index contributed by atoms with van der Waals surface area (Å²) in [5.41, 5.74) is 8.99. The minimum Gasteiger partial charge on any atom is -0.323 e. The van der Waals surface area contributed by atoms with Crippen LogP contribution in [0.5, 0.6) is 0 Å². The van der Waals surface area contributed by atoms with Gasteiger partial charge < -0.3 is 5.73 Å². The number of hydrogen-bond donors (Lipinski definition) is 1. The molecule has 1 aromatic carbocycles. The van der Waals surface area contributed by atoms with Crippen molar-refractivity contribution in [3.05, 3.63) is 54.7 Å². The maximum Gasteiger partial charge on any atom is 0.0705 e. The number of benzene rings is 1. The topological polar surface area (TPSA) is 42.1 Å². The van der Waals surface area contributed by atoms with E-state index in [-0.39, 0.29) is 18.4 Å². The highest BCUT2D eigenvalue weighted by Crippen LogP contribution is 2.41. The number of rotatable bonds is 3. The number of nitrogens with two attached hydrogens (primary N) is 1. The van der Waals surface area contributed by atoms with Crippen LogP contribution in [0, 0.1) is 11.8 Å². The zero-order valence-electron chi connectivity index (χ0n) is 13.3. The van der Waals surface area contributed by atoms with Gasteiger partial charge in [-0.2, -0.15) is 0 Å². The van der Waals surface area contributed by atoms with Crippen LogP contribution in [0.15, 0.2) is 49.2 Å².